The molecule has 0 aromatic heterocycles. The highest BCUT2D eigenvalue weighted by molar-refractivity contribution is 8.94. The van der Waals surface area contributed by atoms with E-state index in [-0.39, 0.29) is 153 Å². The molecule has 0 N–H and O–H groups in total. The molecule has 72 valence electrons. The summed E-state index contributed by atoms with van der Waals surface area (Å²) >= 11 is 0. The molecule has 0 amide bonds. The number of hydrogen-bond donors (Lipinski definition) is 0. The second-order valence-electron chi connectivity index (χ2n) is 0. The Hall–Kier alpha value is 4.32. The standard InChI is InChI=1S/9BrH/h9*1H. The fourth-order valence-electron chi connectivity index (χ4n) is 0. The quantitative estimate of drug-likeness (QED) is 0.322. The molecule has 0 spiro atoms. The summed E-state index contributed by atoms with van der Waals surface area (Å²) in [4.78, 5) is 0. The SMILES string of the molecule is Br.Br.Br.Br.Br.Br.Br.Br.Br. The van der Waals surface area contributed by atoms with Crippen molar-refractivity contribution in [2.24, 2.45) is 0 Å². The van der Waals surface area contributed by atoms with Gasteiger partial charge >= 0.3 is 0 Å². The first kappa shape index (κ1) is 108. The molecule has 0 aromatic carbocycles. The van der Waals surface area contributed by atoms with Crippen LogP contribution in [-0.2, 0) is 0 Å². The fraction of sp³-hybridized carbons (Fsp3) is 0. The van der Waals surface area contributed by atoms with Crippen LogP contribution in [0.15, 0.2) is 0 Å². The molecule has 0 aliphatic carbocycles. The second-order valence-corrected chi connectivity index (χ2v) is 0. The zero-order valence-corrected chi connectivity index (χ0v) is 19.1. The average Bonchev–Trinajstić information content (AvgIpc) is 0. The largest absolute Gasteiger partial charge is 0.114 e. The fourth-order valence-corrected chi connectivity index (χ4v) is 0. The van der Waals surface area contributed by atoms with E-state index in [2.05, 4.69) is 0 Å². The summed E-state index contributed by atoms with van der Waals surface area (Å²) < 4.78 is 0. The van der Waals surface area contributed by atoms with Gasteiger partial charge in [0.25, 0.3) is 0 Å². The van der Waals surface area contributed by atoms with E-state index in [0.29, 0.717) is 0 Å². The van der Waals surface area contributed by atoms with Gasteiger partial charge in [-0.25, -0.2) is 0 Å². The Kier molecular flexibility index (Phi) is 1020. The molecule has 0 radical (unpaired) electrons. The van der Waals surface area contributed by atoms with Crippen molar-refractivity contribution in [3.8, 4) is 0 Å². The second kappa shape index (κ2) is 84.6. The Bertz CT molecular complexity index is 0. The molecule has 0 saturated carbocycles. The Labute approximate surface area is 150 Å². The highest BCUT2D eigenvalue weighted by Crippen LogP contribution is 0.854. The van der Waals surface area contributed by atoms with Gasteiger partial charge in [-0.05, 0) is 0 Å². The molecule has 0 atom stereocenters. The molecule has 0 heterocycles. The van der Waals surface area contributed by atoms with Crippen molar-refractivity contribution in [1.82, 2.24) is 0 Å². The predicted molar refractivity (Wildman–Crippen MR) is 92.9 cm³/mol. The van der Waals surface area contributed by atoms with E-state index in [0.717, 1.165) is 0 Å². The van der Waals surface area contributed by atoms with Crippen LogP contribution in [0.1, 0.15) is 0 Å². The minimum Gasteiger partial charge on any atom is -0.114 e. The monoisotopic (exact) mass is 719 g/mol. The molecular weight excluding hydrogens is 719 g/mol. The van der Waals surface area contributed by atoms with Crippen LogP contribution in [0.3, 0.4) is 0 Å². The highest BCUT2D eigenvalue weighted by Gasteiger charge is -0.106. The van der Waals surface area contributed by atoms with Crippen molar-refractivity contribution in [3.63, 3.8) is 0 Å². The van der Waals surface area contributed by atoms with Crippen molar-refractivity contribution in [1.29, 1.82) is 0 Å². The maximum Gasteiger partial charge on any atom is -0.114 e. The summed E-state index contributed by atoms with van der Waals surface area (Å²) in [7, 11) is 0. The molecule has 0 rings (SSSR count). The van der Waals surface area contributed by atoms with Gasteiger partial charge in [0.1, 0.15) is 0 Å². The lowest BCUT2D eigenvalue weighted by Gasteiger charge is -0.115. The maximum atomic E-state index is 0. The first-order valence-corrected chi connectivity index (χ1v) is 0. The molecule has 0 unspecified atom stereocenters. The highest BCUT2D eigenvalue weighted by atomic mass is 79.9. The minimum absolute atomic E-state index is 0. The van der Waals surface area contributed by atoms with E-state index in [9.17, 15) is 0 Å². The van der Waals surface area contributed by atoms with E-state index in [4.69, 9.17) is 0 Å². The summed E-state index contributed by atoms with van der Waals surface area (Å²) in [5.74, 6) is 0. The lowest BCUT2D eigenvalue weighted by atomic mass is 79.9. The molecule has 9 heavy (non-hydrogen) atoms. The van der Waals surface area contributed by atoms with Crippen LogP contribution >= 0.6 is 153 Å². The third kappa shape index (κ3) is 70.3. The van der Waals surface area contributed by atoms with E-state index >= 15 is 0 Å². The Balaban J connectivity index is 0. The zero-order valence-electron chi connectivity index (χ0n) is 3.67. The van der Waals surface area contributed by atoms with Gasteiger partial charge < -0.3 is 0 Å². The molecule has 0 bridgehead atoms. The van der Waals surface area contributed by atoms with Crippen LogP contribution in [0.5, 0.6) is 0 Å². The van der Waals surface area contributed by atoms with Crippen molar-refractivity contribution >= 4 is 153 Å². The summed E-state index contributed by atoms with van der Waals surface area (Å²) in [5, 5.41) is 0. The van der Waals surface area contributed by atoms with Gasteiger partial charge in [0.05, 0.1) is 0 Å². The van der Waals surface area contributed by atoms with E-state index in [1.54, 1.807) is 0 Å². The Morgan fingerprint density at radius 3 is 0.111 bits per heavy atom. The molecule has 9 heteroatoms. The van der Waals surface area contributed by atoms with Crippen LogP contribution in [0.2, 0.25) is 0 Å². The van der Waals surface area contributed by atoms with Crippen LogP contribution in [0.4, 0.5) is 0 Å². The van der Waals surface area contributed by atoms with E-state index in [1.807, 2.05) is 0 Å². The lowest BCUT2D eigenvalue weighted by Crippen LogP contribution is 0.845. The first-order valence-electron chi connectivity index (χ1n) is 0. The van der Waals surface area contributed by atoms with Gasteiger partial charge in [-0.2, -0.15) is 0 Å². The number of hydrogen-bond acceptors (Lipinski definition) is 0. The van der Waals surface area contributed by atoms with Crippen LogP contribution in [-0.4, -0.2) is 0 Å². The predicted octanol–water partition coefficient (Wildman–Crippen LogP) is 5.20. The third-order valence-electron chi connectivity index (χ3n) is 0. The summed E-state index contributed by atoms with van der Waals surface area (Å²) in [6, 6.07) is 0. The minimum atomic E-state index is 0. The number of halogens is 9. The van der Waals surface area contributed by atoms with Gasteiger partial charge in [0, 0.05) is 0 Å². The average molecular weight is 728 g/mol. The summed E-state index contributed by atoms with van der Waals surface area (Å²) in [6.45, 7) is 0. The lowest BCUT2D eigenvalue weighted by molar-refractivity contribution is 8.93. The van der Waals surface area contributed by atoms with Crippen molar-refractivity contribution in [2.45, 2.75) is 0 Å². The summed E-state index contributed by atoms with van der Waals surface area (Å²) in [6.07, 6.45) is 0. The van der Waals surface area contributed by atoms with Gasteiger partial charge in [-0.15, -0.1) is 153 Å². The zero-order chi connectivity index (χ0) is 0. The topological polar surface area (TPSA) is 0 Å². The first-order chi connectivity index (χ1) is 0. The van der Waals surface area contributed by atoms with Gasteiger partial charge in [-0.3, -0.25) is 0 Å². The smallest absolute Gasteiger partial charge is 0.114 e. The Morgan fingerprint density at radius 2 is 0.111 bits per heavy atom. The molecule has 0 aliphatic heterocycles. The number of rotatable bonds is 0. The van der Waals surface area contributed by atoms with Crippen molar-refractivity contribution in [3.05, 3.63) is 0 Å². The Morgan fingerprint density at radius 1 is 0.111 bits per heavy atom. The normalized spacial score (nSPS) is 0. The van der Waals surface area contributed by atoms with Crippen LogP contribution in [0.25, 0.3) is 0 Å². The molecule has 0 aliphatic rings. The molecule has 0 nitrogen and oxygen atoms in total. The molecule has 0 fully saturated rings. The summed E-state index contributed by atoms with van der Waals surface area (Å²) in [5.41, 5.74) is 0. The van der Waals surface area contributed by atoms with Crippen molar-refractivity contribution in [2.75, 3.05) is 0 Å². The van der Waals surface area contributed by atoms with Crippen LogP contribution < -0.4 is 0 Å². The van der Waals surface area contributed by atoms with Gasteiger partial charge in [0.2, 0.25) is 0 Å². The van der Waals surface area contributed by atoms with E-state index in [1.165, 1.54) is 0 Å². The van der Waals surface area contributed by atoms with Crippen LogP contribution in [0, 0.1) is 0 Å². The maximum absolute atomic E-state index is 0. The molecular formula is H9Br9. The van der Waals surface area contributed by atoms with Gasteiger partial charge in [0.15, 0.2) is 0 Å². The third-order valence-corrected chi connectivity index (χ3v) is 0. The van der Waals surface area contributed by atoms with Gasteiger partial charge in [-0.1, -0.05) is 0 Å². The van der Waals surface area contributed by atoms with Crippen molar-refractivity contribution < 1.29 is 0 Å². The molecule has 0 saturated heterocycles. The molecule has 0 aromatic rings. The van der Waals surface area contributed by atoms with E-state index < -0.39 is 0 Å².